The van der Waals surface area contributed by atoms with Crippen molar-refractivity contribution in [1.82, 2.24) is 9.55 Å². The molecule has 3 heterocycles. The molecule has 1 amide bonds. The highest BCUT2D eigenvalue weighted by atomic mass is 16.6. The van der Waals surface area contributed by atoms with E-state index >= 15 is 0 Å². The molecular formula is C23H21N3O4. The summed E-state index contributed by atoms with van der Waals surface area (Å²) in [6, 6.07) is 14.9. The third-order valence-electron chi connectivity index (χ3n) is 6.06. The molecule has 5 rings (SSSR count). The lowest BCUT2D eigenvalue weighted by molar-refractivity contribution is -0.144. The van der Waals surface area contributed by atoms with E-state index in [9.17, 15) is 14.7 Å². The average Bonchev–Trinajstić information content (AvgIpc) is 3.35. The van der Waals surface area contributed by atoms with E-state index in [1.165, 1.54) is 0 Å². The molecule has 2 aliphatic rings. The quantitative estimate of drug-likeness (QED) is 0.655. The van der Waals surface area contributed by atoms with Crippen LogP contribution in [0.4, 0.5) is 5.69 Å². The van der Waals surface area contributed by atoms with E-state index in [1.807, 2.05) is 41.1 Å². The lowest BCUT2D eigenvalue weighted by atomic mass is 9.74. The summed E-state index contributed by atoms with van der Waals surface area (Å²) in [5, 5.41) is 13.8. The van der Waals surface area contributed by atoms with E-state index in [4.69, 9.17) is 4.74 Å². The molecular weight excluding hydrogens is 382 g/mol. The van der Waals surface area contributed by atoms with Gasteiger partial charge in [-0.1, -0.05) is 18.2 Å². The number of rotatable bonds is 3. The van der Waals surface area contributed by atoms with E-state index in [1.54, 1.807) is 30.6 Å². The number of pyridine rings is 1. The number of carbonyl (C=O) groups excluding carboxylic acids is 2. The van der Waals surface area contributed by atoms with Crippen molar-refractivity contribution in [2.45, 2.75) is 36.9 Å². The van der Waals surface area contributed by atoms with Crippen LogP contribution in [0.25, 0.3) is 5.69 Å². The number of benzene rings is 1. The van der Waals surface area contributed by atoms with Crippen LogP contribution >= 0.6 is 0 Å². The number of nitrogens with zero attached hydrogens (tertiary/aromatic N) is 2. The maximum absolute atomic E-state index is 12.9. The summed E-state index contributed by atoms with van der Waals surface area (Å²) in [5.74, 6) is -0.844. The molecule has 0 bridgehead atoms. The number of hydrogen-bond donors (Lipinski definition) is 2. The second-order valence-corrected chi connectivity index (χ2v) is 7.91. The molecule has 0 unspecified atom stereocenters. The monoisotopic (exact) mass is 403 g/mol. The Kier molecular flexibility index (Phi) is 4.22. The number of nitrogens with one attached hydrogen (secondary N) is 1. The maximum Gasteiger partial charge on any atom is 0.341 e. The summed E-state index contributed by atoms with van der Waals surface area (Å²) in [6.45, 7) is 0. The van der Waals surface area contributed by atoms with Crippen molar-refractivity contribution in [2.24, 2.45) is 0 Å². The van der Waals surface area contributed by atoms with Gasteiger partial charge in [-0.3, -0.25) is 9.78 Å². The molecule has 0 saturated heterocycles. The smallest absolute Gasteiger partial charge is 0.341 e. The largest absolute Gasteiger partial charge is 0.449 e. The van der Waals surface area contributed by atoms with Gasteiger partial charge in [0.1, 0.15) is 5.60 Å². The van der Waals surface area contributed by atoms with Gasteiger partial charge >= 0.3 is 5.97 Å². The first kappa shape index (κ1) is 18.6. The molecule has 1 saturated carbocycles. The number of anilines is 1. The Morgan fingerprint density at radius 3 is 2.60 bits per heavy atom. The minimum absolute atomic E-state index is 0.182. The fraction of sp³-hybridized carbons (Fsp3) is 0.261. The molecule has 2 N–H and O–H groups in total. The van der Waals surface area contributed by atoms with Gasteiger partial charge in [0.25, 0.3) is 5.91 Å². The number of aromatic nitrogens is 2. The highest BCUT2D eigenvalue weighted by Gasteiger charge is 2.53. The van der Waals surface area contributed by atoms with Crippen molar-refractivity contribution < 1.29 is 19.4 Å². The third kappa shape index (κ3) is 2.98. The standard InChI is InChI=1S/C23H21N3O4/c27-20-18-7-4-13-24-19(18)23(30-20)11-9-22(29,10-12-23)21(28)25-16-8-14-26(15-16)17-5-2-1-3-6-17/h1-8,13-15,29H,9-12H2,(H,25,28). The van der Waals surface area contributed by atoms with Crippen LogP contribution in [0.15, 0.2) is 67.1 Å². The van der Waals surface area contributed by atoms with Gasteiger partial charge in [-0.2, -0.15) is 0 Å². The summed E-state index contributed by atoms with van der Waals surface area (Å²) in [4.78, 5) is 29.4. The molecule has 1 fully saturated rings. The van der Waals surface area contributed by atoms with Crippen LogP contribution < -0.4 is 5.32 Å². The number of para-hydroxylation sites is 1. The van der Waals surface area contributed by atoms with Gasteiger partial charge in [-0.25, -0.2) is 4.79 Å². The van der Waals surface area contributed by atoms with E-state index in [2.05, 4.69) is 10.3 Å². The molecule has 1 aromatic carbocycles. The fourth-order valence-corrected chi connectivity index (χ4v) is 4.33. The van der Waals surface area contributed by atoms with Gasteiger partial charge in [0.05, 0.1) is 16.9 Å². The predicted octanol–water partition coefficient (Wildman–Crippen LogP) is 3.18. The lowest BCUT2D eigenvalue weighted by Gasteiger charge is -2.39. The Morgan fingerprint density at radius 2 is 1.83 bits per heavy atom. The minimum Gasteiger partial charge on any atom is -0.449 e. The first-order chi connectivity index (χ1) is 14.5. The molecule has 0 radical (unpaired) electrons. The van der Waals surface area contributed by atoms with Crippen molar-refractivity contribution in [3.05, 3.63) is 78.4 Å². The Morgan fingerprint density at radius 1 is 1.07 bits per heavy atom. The van der Waals surface area contributed by atoms with Crippen LogP contribution in [0.1, 0.15) is 41.7 Å². The van der Waals surface area contributed by atoms with Crippen LogP contribution in [0.5, 0.6) is 0 Å². The van der Waals surface area contributed by atoms with Crippen LogP contribution in [-0.4, -0.2) is 32.1 Å². The third-order valence-corrected chi connectivity index (χ3v) is 6.06. The number of hydrogen-bond acceptors (Lipinski definition) is 5. The highest BCUT2D eigenvalue weighted by Crippen LogP contribution is 2.48. The molecule has 3 aromatic rings. The second kappa shape index (κ2) is 6.81. The second-order valence-electron chi connectivity index (χ2n) is 7.91. The van der Waals surface area contributed by atoms with Gasteiger partial charge in [-0.05, 0) is 56.0 Å². The van der Waals surface area contributed by atoms with Gasteiger partial charge in [0, 0.05) is 24.3 Å². The molecule has 7 nitrogen and oxygen atoms in total. The SMILES string of the molecule is O=C1OC2(CCC(O)(C(=O)Nc3ccn(-c4ccccc4)c3)CC2)c2ncccc21. The Hall–Kier alpha value is -3.45. The number of esters is 1. The van der Waals surface area contributed by atoms with Gasteiger partial charge < -0.3 is 19.7 Å². The fourth-order valence-electron chi connectivity index (χ4n) is 4.33. The summed E-state index contributed by atoms with van der Waals surface area (Å²) in [5.41, 5.74) is 0.287. The summed E-state index contributed by atoms with van der Waals surface area (Å²) in [7, 11) is 0. The van der Waals surface area contributed by atoms with Crippen molar-refractivity contribution in [1.29, 1.82) is 0 Å². The number of ether oxygens (including phenoxy) is 1. The molecule has 0 atom stereocenters. The average molecular weight is 403 g/mol. The minimum atomic E-state index is -1.52. The zero-order chi connectivity index (χ0) is 20.8. The normalized spacial score (nSPS) is 25.0. The molecule has 7 heteroatoms. The zero-order valence-corrected chi connectivity index (χ0v) is 16.2. The highest BCUT2D eigenvalue weighted by molar-refractivity contribution is 5.97. The number of aliphatic hydroxyl groups is 1. The van der Waals surface area contributed by atoms with E-state index in [0.717, 1.165) is 5.69 Å². The van der Waals surface area contributed by atoms with Crippen molar-refractivity contribution in [3.63, 3.8) is 0 Å². The summed E-state index contributed by atoms with van der Waals surface area (Å²) in [6.07, 6.45) is 6.34. The molecule has 30 heavy (non-hydrogen) atoms. The van der Waals surface area contributed by atoms with E-state index in [-0.39, 0.29) is 12.8 Å². The van der Waals surface area contributed by atoms with E-state index in [0.29, 0.717) is 29.8 Å². The lowest BCUT2D eigenvalue weighted by Crippen LogP contribution is -2.49. The first-order valence-corrected chi connectivity index (χ1v) is 9.95. The number of fused-ring (bicyclic) bond motifs is 2. The summed E-state index contributed by atoms with van der Waals surface area (Å²) < 4.78 is 7.56. The topological polar surface area (TPSA) is 93.5 Å². The number of amides is 1. The maximum atomic E-state index is 12.9. The predicted molar refractivity (Wildman–Crippen MR) is 109 cm³/mol. The molecule has 1 aliphatic carbocycles. The summed E-state index contributed by atoms with van der Waals surface area (Å²) >= 11 is 0. The Bertz CT molecular complexity index is 1110. The molecule has 152 valence electrons. The molecule has 1 aliphatic heterocycles. The van der Waals surface area contributed by atoms with Gasteiger partial charge in [-0.15, -0.1) is 0 Å². The van der Waals surface area contributed by atoms with Crippen molar-refractivity contribution in [2.75, 3.05) is 5.32 Å². The zero-order valence-electron chi connectivity index (χ0n) is 16.2. The van der Waals surface area contributed by atoms with Crippen LogP contribution in [0.2, 0.25) is 0 Å². The van der Waals surface area contributed by atoms with Gasteiger partial charge in [0.2, 0.25) is 0 Å². The van der Waals surface area contributed by atoms with Crippen molar-refractivity contribution >= 4 is 17.6 Å². The van der Waals surface area contributed by atoms with Gasteiger partial charge in [0.15, 0.2) is 5.60 Å². The number of carbonyl (C=O) groups is 2. The van der Waals surface area contributed by atoms with Crippen molar-refractivity contribution in [3.8, 4) is 5.69 Å². The molecule has 2 aromatic heterocycles. The van der Waals surface area contributed by atoms with Crippen LogP contribution in [0, 0.1) is 0 Å². The van der Waals surface area contributed by atoms with Crippen LogP contribution in [-0.2, 0) is 15.1 Å². The van der Waals surface area contributed by atoms with E-state index < -0.39 is 23.1 Å². The Balaban J connectivity index is 1.29. The Labute approximate surface area is 173 Å². The molecule has 1 spiro atoms. The first-order valence-electron chi connectivity index (χ1n) is 9.95. The van der Waals surface area contributed by atoms with Crippen LogP contribution in [0.3, 0.4) is 0 Å².